The highest BCUT2D eigenvalue weighted by Crippen LogP contribution is 2.23. The van der Waals surface area contributed by atoms with Crippen molar-refractivity contribution < 1.29 is 4.79 Å². The van der Waals surface area contributed by atoms with Crippen LogP contribution in [0.5, 0.6) is 0 Å². The molecule has 4 nitrogen and oxygen atoms in total. The van der Waals surface area contributed by atoms with E-state index in [0.717, 1.165) is 16.8 Å². The Morgan fingerprint density at radius 2 is 1.83 bits per heavy atom. The lowest BCUT2D eigenvalue weighted by Crippen LogP contribution is -2.25. The third-order valence-electron chi connectivity index (χ3n) is 3.80. The van der Waals surface area contributed by atoms with Gasteiger partial charge in [-0.05, 0) is 31.4 Å². The minimum absolute atomic E-state index is 0.00853. The molecule has 1 unspecified atom stereocenters. The average molecular weight is 337 g/mol. The van der Waals surface area contributed by atoms with E-state index in [1.54, 1.807) is 0 Å². The number of rotatable bonds is 4. The summed E-state index contributed by atoms with van der Waals surface area (Å²) in [6, 6.07) is 18.1. The number of carbonyl (C=O) groups excluding carboxylic acids is 1. The first-order chi connectivity index (χ1) is 11.6. The molecular formula is C19H19N3OS. The highest BCUT2D eigenvalue weighted by Gasteiger charge is 2.30. The van der Waals surface area contributed by atoms with Crippen molar-refractivity contribution >= 4 is 28.5 Å². The molecule has 3 rings (SSSR count). The molecule has 2 aromatic rings. The summed E-state index contributed by atoms with van der Waals surface area (Å²) in [4.78, 5) is 12.1. The minimum atomic E-state index is -0.152. The zero-order chi connectivity index (χ0) is 16.9. The number of amidine groups is 1. The van der Waals surface area contributed by atoms with Gasteiger partial charge in [0.15, 0.2) is 5.17 Å². The summed E-state index contributed by atoms with van der Waals surface area (Å²) in [6.45, 7) is 3.96. The van der Waals surface area contributed by atoms with Gasteiger partial charge >= 0.3 is 0 Å². The summed E-state index contributed by atoms with van der Waals surface area (Å²) in [5.41, 5.74) is 4.20. The van der Waals surface area contributed by atoms with Crippen molar-refractivity contribution in [2.24, 2.45) is 10.2 Å². The lowest BCUT2D eigenvalue weighted by Gasteiger charge is -2.04. The number of nitrogens with zero attached hydrogens (tertiary/aromatic N) is 2. The van der Waals surface area contributed by atoms with Crippen LogP contribution < -0.4 is 5.32 Å². The van der Waals surface area contributed by atoms with E-state index in [2.05, 4.69) is 15.5 Å². The molecule has 0 aromatic heterocycles. The first kappa shape index (κ1) is 16.5. The van der Waals surface area contributed by atoms with E-state index >= 15 is 0 Å². The Labute approximate surface area is 146 Å². The monoisotopic (exact) mass is 337 g/mol. The highest BCUT2D eigenvalue weighted by molar-refractivity contribution is 8.15. The van der Waals surface area contributed by atoms with Crippen molar-refractivity contribution in [1.82, 2.24) is 5.32 Å². The van der Waals surface area contributed by atoms with Gasteiger partial charge in [0.05, 0.1) is 11.0 Å². The molecule has 0 spiro atoms. The van der Waals surface area contributed by atoms with Crippen LogP contribution in [0, 0.1) is 6.92 Å². The average Bonchev–Trinajstić information content (AvgIpc) is 2.94. The molecule has 1 aliphatic heterocycles. The van der Waals surface area contributed by atoms with Crippen LogP contribution in [0.4, 0.5) is 0 Å². The molecule has 122 valence electrons. The number of amides is 1. The summed E-state index contributed by atoms with van der Waals surface area (Å²) < 4.78 is 0. The molecule has 0 aliphatic carbocycles. The van der Waals surface area contributed by atoms with Gasteiger partial charge in [0.25, 0.3) is 0 Å². The third-order valence-corrected chi connectivity index (χ3v) is 4.87. The van der Waals surface area contributed by atoms with Gasteiger partial charge in [0, 0.05) is 0 Å². The molecule has 0 bridgehead atoms. The standard InChI is InChI=1S/C19H19N3OS/c1-13-8-10-16(11-9-13)14(2)21-22-19-20-18(23)17(24-19)12-15-6-4-3-5-7-15/h3-11,17H,12H2,1-2H3,(H,20,22,23). The Kier molecular flexibility index (Phi) is 5.11. The van der Waals surface area contributed by atoms with E-state index in [9.17, 15) is 4.79 Å². The SMILES string of the molecule is CC(=N/N=C1\NC(=O)C(Cc2ccccc2)S1)c1ccc(C)cc1. The fourth-order valence-electron chi connectivity index (χ4n) is 2.39. The van der Waals surface area contributed by atoms with Crippen molar-refractivity contribution in [3.8, 4) is 0 Å². The fourth-order valence-corrected chi connectivity index (χ4v) is 3.35. The Morgan fingerprint density at radius 1 is 1.12 bits per heavy atom. The maximum Gasteiger partial charge on any atom is 0.239 e. The van der Waals surface area contributed by atoms with E-state index < -0.39 is 0 Å². The smallest absolute Gasteiger partial charge is 0.239 e. The Morgan fingerprint density at radius 3 is 2.54 bits per heavy atom. The number of benzene rings is 2. The van der Waals surface area contributed by atoms with Crippen LogP contribution >= 0.6 is 11.8 Å². The molecule has 1 atom stereocenters. The molecule has 1 aliphatic rings. The molecule has 0 radical (unpaired) electrons. The molecule has 1 fully saturated rings. The molecule has 1 amide bonds. The van der Waals surface area contributed by atoms with Crippen LogP contribution in [0.25, 0.3) is 0 Å². The Balaban J connectivity index is 1.67. The van der Waals surface area contributed by atoms with Crippen molar-refractivity contribution in [2.75, 3.05) is 0 Å². The highest BCUT2D eigenvalue weighted by atomic mass is 32.2. The van der Waals surface area contributed by atoms with Crippen LogP contribution in [0.15, 0.2) is 64.8 Å². The molecule has 1 saturated heterocycles. The zero-order valence-electron chi connectivity index (χ0n) is 13.7. The third kappa shape index (κ3) is 4.11. The second-order valence-corrected chi connectivity index (χ2v) is 6.93. The largest absolute Gasteiger partial charge is 0.303 e. The van der Waals surface area contributed by atoms with Crippen molar-refractivity contribution in [3.05, 3.63) is 71.3 Å². The molecule has 5 heteroatoms. The topological polar surface area (TPSA) is 53.8 Å². The van der Waals surface area contributed by atoms with Gasteiger partial charge in [0.1, 0.15) is 0 Å². The van der Waals surface area contributed by atoms with Crippen LogP contribution in [0.3, 0.4) is 0 Å². The van der Waals surface area contributed by atoms with Crippen molar-refractivity contribution in [2.45, 2.75) is 25.5 Å². The van der Waals surface area contributed by atoms with Crippen molar-refractivity contribution in [1.29, 1.82) is 0 Å². The molecule has 1 N–H and O–H groups in total. The Bertz CT molecular complexity index is 782. The number of aryl methyl sites for hydroxylation is 1. The fraction of sp³-hybridized carbons (Fsp3) is 0.211. The molecule has 24 heavy (non-hydrogen) atoms. The number of carbonyl (C=O) groups is 1. The summed E-state index contributed by atoms with van der Waals surface area (Å²) in [7, 11) is 0. The van der Waals surface area contributed by atoms with Crippen molar-refractivity contribution in [3.63, 3.8) is 0 Å². The number of hydrogen-bond acceptors (Lipinski definition) is 4. The predicted molar refractivity (Wildman–Crippen MR) is 100 cm³/mol. The summed E-state index contributed by atoms with van der Waals surface area (Å²) in [5.74, 6) is -0.00853. The first-order valence-corrected chi connectivity index (χ1v) is 8.70. The number of hydrogen-bond donors (Lipinski definition) is 1. The van der Waals surface area contributed by atoms with E-state index in [4.69, 9.17) is 0 Å². The predicted octanol–water partition coefficient (Wildman–Crippen LogP) is 3.55. The van der Waals surface area contributed by atoms with E-state index in [1.807, 2.05) is 68.4 Å². The maximum absolute atomic E-state index is 12.1. The van der Waals surface area contributed by atoms with Gasteiger partial charge in [0.2, 0.25) is 5.91 Å². The van der Waals surface area contributed by atoms with Crippen LogP contribution in [-0.2, 0) is 11.2 Å². The van der Waals surface area contributed by atoms with E-state index in [-0.39, 0.29) is 11.2 Å². The zero-order valence-corrected chi connectivity index (χ0v) is 14.5. The summed E-state index contributed by atoms with van der Waals surface area (Å²) in [5, 5.41) is 11.7. The molecule has 0 saturated carbocycles. The second-order valence-electron chi connectivity index (χ2n) is 5.74. The van der Waals surface area contributed by atoms with E-state index in [0.29, 0.717) is 11.6 Å². The Hall–Kier alpha value is -2.40. The first-order valence-electron chi connectivity index (χ1n) is 7.82. The maximum atomic E-state index is 12.1. The van der Waals surface area contributed by atoms with Gasteiger partial charge < -0.3 is 5.32 Å². The number of thioether (sulfide) groups is 1. The van der Waals surface area contributed by atoms with Gasteiger partial charge in [-0.1, -0.05) is 71.9 Å². The quantitative estimate of drug-likeness (QED) is 0.685. The van der Waals surface area contributed by atoms with Gasteiger partial charge in [-0.2, -0.15) is 5.10 Å². The normalized spacial score (nSPS) is 19.6. The summed E-state index contributed by atoms with van der Waals surface area (Å²) >= 11 is 1.44. The minimum Gasteiger partial charge on any atom is -0.303 e. The van der Waals surface area contributed by atoms with Gasteiger partial charge in [-0.25, -0.2) is 0 Å². The second kappa shape index (κ2) is 7.45. The molecule has 2 aromatic carbocycles. The number of nitrogens with one attached hydrogen (secondary N) is 1. The lowest BCUT2D eigenvalue weighted by molar-refractivity contribution is -0.118. The van der Waals surface area contributed by atoms with Crippen LogP contribution in [0.2, 0.25) is 0 Å². The summed E-state index contributed by atoms with van der Waals surface area (Å²) in [6.07, 6.45) is 0.691. The van der Waals surface area contributed by atoms with E-state index in [1.165, 1.54) is 17.3 Å². The van der Waals surface area contributed by atoms with Crippen LogP contribution in [0.1, 0.15) is 23.6 Å². The van der Waals surface area contributed by atoms with Gasteiger partial charge in [-0.3, -0.25) is 4.79 Å². The van der Waals surface area contributed by atoms with Gasteiger partial charge in [-0.15, -0.1) is 5.10 Å². The van der Waals surface area contributed by atoms with Crippen LogP contribution in [-0.4, -0.2) is 22.0 Å². The molecular weight excluding hydrogens is 318 g/mol. The lowest BCUT2D eigenvalue weighted by atomic mass is 10.1. The molecule has 1 heterocycles.